The Morgan fingerprint density at radius 2 is 1.92 bits per heavy atom. The summed E-state index contributed by atoms with van der Waals surface area (Å²) in [7, 11) is 1.33. The summed E-state index contributed by atoms with van der Waals surface area (Å²) in [6, 6.07) is 7.04. The second-order valence-corrected chi connectivity index (χ2v) is 10.2. The number of rotatable bonds is 7. The maximum Gasteiger partial charge on any atom is 0.407 e. The monoisotopic (exact) mass is 603 g/mol. The van der Waals surface area contributed by atoms with E-state index in [-0.39, 0.29) is 23.3 Å². The number of carbonyl (C=O) groups excluding carboxylic acids is 2. The number of aliphatic hydroxyl groups excluding tert-OH is 1. The van der Waals surface area contributed by atoms with Crippen molar-refractivity contribution in [2.24, 2.45) is 0 Å². The van der Waals surface area contributed by atoms with E-state index in [4.69, 9.17) is 5.73 Å². The normalized spacial score (nSPS) is 17.8. The van der Waals surface area contributed by atoms with Gasteiger partial charge >= 0.3 is 6.09 Å². The number of nitrogen functional groups attached to an aromatic ring is 1. The van der Waals surface area contributed by atoms with E-state index in [1.54, 1.807) is 12.3 Å². The smallest absolute Gasteiger partial charge is 0.407 e. The van der Waals surface area contributed by atoms with Crippen LogP contribution in [0.1, 0.15) is 59.3 Å². The lowest BCUT2D eigenvalue weighted by molar-refractivity contribution is 0.0912. The molecular weight excluding hydrogens is 576 g/mol. The van der Waals surface area contributed by atoms with E-state index in [0.29, 0.717) is 27.0 Å². The van der Waals surface area contributed by atoms with Crippen molar-refractivity contribution in [1.29, 1.82) is 0 Å². The molecule has 1 aromatic heterocycles. The highest BCUT2D eigenvalue weighted by molar-refractivity contribution is 9.10. The molecule has 206 valence electrons. The van der Waals surface area contributed by atoms with Crippen LogP contribution in [0.4, 0.5) is 19.4 Å². The Kier molecular flexibility index (Phi) is 9.08. The number of aliphatic hydroxyl groups is 1. The molecule has 2 amide bonds. The molecule has 39 heavy (non-hydrogen) atoms. The van der Waals surface area contributed by atoms with Gasteiger partial charge in [-0.25, -0.2) is 23.5 Å². The van der Waals surface area contributed by atoms with E-state index in [2.05, 4.69) is 41.3 Å². The van der Waals surface area contributed by atoms with Crippen LogP contribution >= 0.6 is 15.9 Å². The van der Waals surface area contributed by atoms with Crippen LogP contribution < -0.4 is 16.4 Å². The number of hydrogen-bond acceptors (Lipinski definition) is 7. The Balaban J connectivity index is 1.49. The molecule has 0 aliphatic heterocycles. The standard InChI is InChI=1S/C27H28BrF2N5O4/c1-39-27(38)33-19-5-2-14(3-6-19)22-12-32-25(31)24(34-22)15-4-7-20(21(30)10-15)26(37)35-23(13-36)16-8-17(28)11-18(29)9-16/h4,7-12,14,19,23,36H,2-3,5-6,13H2,1H3,(H2,31,32)(H,33,38)(H,35,37)/t14?,19?,23-/m1/s1. The third-order valence-corrected chi connectivity index (χ3v) is 7.19. The lowest BCUT2D eigenvalue weighted by Crippen LogP contribution is -2.37. The summed E-state index contributed by atoms with van der Waals surface area (Å²) in [5, 5.41) is 15.1. The summed E-state index contributed by atoms with van der Waals surface area (Å²) in [5.74, 6) is -1.92. The van der Waals surface area contributed by atoms with Gasteiger partial charge < -0.3 is 26.2 Å². The number of nitrogens with zero attached hydrogens (tertiary/aromatic N) is 2. The molecule has 3 aromatic rings. The third-order valence-electron chi connectivity index (χ3n) is 6.73. The van der Waals surface area contributed by atoms with Crippen LogP contribution in [0.2, 0.25) is 0 Å². The highest BCUT2D eigenvalue weighted by Crippen LogP contribution is 2.34. The quantitative estimate of drug-likeness (QED) is 0.309. The predicted molar refractivity (Wildman–Crippen MR) is 144 cm³/mol. The zero-order valence-electron chi connectivity index (χ0n) is 21.1. The molecule has 0 radical (unpaired) electrons. The number of alkyl carbamates (subject to hydrolysis) is 1. The Hall–Kier alpha value is -3.64. The first-order valence-corrected chi connectivity index (χ1v) is 13.1. The fraction of sp³-hybridized carbons (Fsp3) is 0.333. The maximum absolute atomic E-state index is 15.1. The summed E-state index contributed by atoms with van der Waals surface area (Å²) in [6.07, 6.45) is 4.20. The summed E-state index contributed by atoms with van der Waals surface area (Å²) < 4.78 is 34.0. The number of benzene rings is 2. The number of ether oxygens (including phenoxy) is 1. The van der Waals surface area contributed by atoms with Gasteiger partial charge in [0.2, 0.25) is 0 Å². The van der Waals surface area contributed by atoms with Crippen LogP contribution in [-0.4, -0.2) is 46.8 Å². The summed E-state index contributed by atoms with van der Waals surface area (Å²) in [6.45, 7) is -0.513. The fourth-order valence-electron chi connectivity index (χ4n) is 4.67. The van der Waals surface area contributed by atoms with Gasteiger partial charge in [-0.15, -0.1) is 0 Å². The molecule has 1 saturated carbocycles. The van der Waals surface area contributed by atoms with Crippen LogP contribution in [0.3, 0.4) is 0 Å². The Morgan fingerprint density at radius 1 is 1.18 bits per heavy atom. The lowest BCUT2D eigenvalue weighted by Gasteiger charge is -2.28. The molecule has 2 aromatic carbocycles. The Bertz CT molecular complexity index is 1350. The van der Waals surface area contributed by atoms with Crippen LogP contribution in [0, 0.1) is 11.6 Å². The number of nitrogens with one attached hydrogen (secondary N) is 2. The number of methoxy groups -OCH3 is 1. The minimum atomic E-state index is -0.945. The van der Waals surface area contributed by atoms with Crippen LogP contribution in [0.5, 0.6) is 0 Å². The average molecular weight is 604 g/mol. The van der Waals surface area contributed by atoms with Crippen molar-refractivity contribution in [1.82, 2.24) is 20.6 Å². The van der Waals surface area contributed by atoms with Gasteiger partial charge in [-0.3, -0.25) is 4.79 Å². The Labute approximate surface area is 232 Å². The first-order valence-electron chi connectivity index (χ1n) is 12.3. The van der Waals surface area contributed by atoms with Crippen molar-refractivity contribution < 1.29 is 28.2 Å². The van der Waals surface area contributed by atoms with Gasteiger partial charge in [0.15, 0.2) is 0 Å². The minimum absolute atomic E-state index is 0.0237. The Morgan fingerprint density at radius 3 is 2.56 bits per heavy atom. The van der Waals surface area contributed by atoms with E-state index in [1.807, 2.05) is 0 Å². The van der Waals surface area contributed by atoms with Crippen LogP contribution in [0.25, 0.3) is 11.3 Å². The lowest BCUT2D eigenvalue weighted by atomic mass is 9.84. The molecule has 12 heteroatoms. The summed E-state index contributed by atoms with van der Waals surface area (Å²) >= 11 is 3.18. The molecule has 0 bridgehead atoms. The van der Waals surface area contributed by atoms with E-state index in [0.717, 1.165) is 31.7 Å². The molecule has 0 saturated heterocycles. The SMILES string of the molecule is COC(=O)NC1CCC(c2cnc(N)c(-c3ccc(C(=O)N[C@H](CO)c4cc(F)cc(Br)c4)c(F)c3)n2)CC1. The van der Waals surface area contributed by atoms with Gasteiger partial charge in [0.05, 0.1) is 37.2 Å². The molecule has 1 heterocycles. The number of anilines is 1. The molecule has 0 unspecified atom stereocenters. The van der Waals surface area contributed by atoms with Gasteiger partial charge in [0.1, 0.15) is 23.1 Å². The van der Waals surface area contributed by atoms with Gasteiger partial charge in [-0.05, 0) is 61.6 Å². The largest absolute Gasteiger partial charge is 0.453 e. The van der Waals surface area contributed by atoms with Gasteiger partial charge in [-0.1, -0.05) is 22.0 Å². The summed E-state index contributed by atoms with van der Waals surface area (Å²) in [4.78, 5) is 33.2. The predicted octanol–water partition coefficient (Wildman–Crippen LogP) is 4.61. The van der Waals surface area contributed by atoms with E-state index < -0.39 is 36.3 Å². The number of carbonyl (C=O) groups is 2. The van der Waals surface area contributed by atoms with Gasteiger partial charge in [0, 0.05) is 22.0 Å². The number of amides is 2. The minimum Gasteiger partial charge on any atom is -0.453 e. The first-order chi connectivity index (χ1) is 18.7. The molecule has 4 rings (SSSR count). The van der Waals surface area contributed by atoms with Crippen molar-refractivity contribution in [3.8, 4) is 11.3 Å². The second-order valence-electron chi connectivity index (χ2n) is 9.32. The van der Waals surface area contributed by atoms with E-state index in [1.165, 1.54) is 31.4 Å². The second kappa shape index (κ2) is 12.5. The van der Waals surface area contributed by atoms with Crippen molar-refractivity contribution >= 4 is 33.7 Å². The topological polar surface area (TPSA) is 139 Å². The number of nitrogens with two attached hydrogens (primary N) is 1. The first kappa shape index (κ1) is 28.4. The van der Waals surface area contributed by atoms with E-state index >= 15 is 4.39 Å². The molecule has 9 nitrogen and oxygen atoms in total. The zero-order valence-corrected chi connectivity index (χ0v) is 22.7. The highest BCUT2D eigenvalue weighted by atomic mass is 79.9. The molecule has 5 N–H and O–H groups in total. The van der Waals surface area contributed by atoms with Crippen molar-refractivity contribution in [2.75, 3.05) is 19.5 Å². The van der Waals surface area contributed by atoms with Gasteiger partial charge in [-0.2, -0.15) is 0 Å². The van der Waals surface area contributed by atoms with Crippen LogP contribution in [-0.2, 0) is 4.74 Å². The molecule has 1 fully saturated rings. The average Bonchev–Trinajstić information content (AvgIpc) is 2.91. The van der Waals surface area contributed by atoms with Crippen molar-refractivity contribution in [2.45, 2.75) is 43.7 Å². The van der Waals surface area contributed by atoms with Crippen molar-refractivity contribution in [3.63, 3.8) is 0 Å². The van der Waals surface area contributed by atoms with Crippen LogP contribution in [0.15, 0.2) is 47.1 Å². The van der Waals surface area contributed by atoms with E-state index in [9.17, 15) is 19.1 Å². The zero-order chi connectivity index (χ0) is 28.1. The number of halogens is 3. The molecule has 0 spiro atoms. The van der Waals surface area contributed by atoms with Crippen molar-refractivity contribution in [3.05, 3.63) is 75.5 Å². The highest BCUT2D eigenvalue weighted by Gasteiger charge is 2.26. The van der Waals surface area contributed by atoms with Gasteiger partial charge in [0.25, 0.3) is 5.91 Å². The number of aromatic nitrogens is 2. The molecular formula is C27H28BrF2N5O4. The maximum atomic E-state index is 15.1. The fourth-order valence-corrected chi connectivity index (χ4v) is 5.16. The summed E-state index contributed by atoms with van der Waals surface area (Å²) in [5.41, 5.74) is 7.49. The molecule has 1 aliphatic carbocycles. The molecule has 1 aliphatic rings. The molecule has 1 atom stereocenters. The third kappa shape index (κ3) is 6.87. The number of hydrogen-bond donors (Lipinski definition) is 4.